The predicted octanol–water partition coefficient (Wildman–Crippen LogP) is 1.79. The summed E-state index contributed by atoms with van der Waals surface area (Å²) < 4.78 is 2.03. The normalized spacial score (nSPS) is 15.4. The van der Waals surface area contributed by atoms with Gasteiger partial charge in [-0.3, -0.25) is 9.67 Å². The van der Waals surface area contributed by atoms with Gasteiger partial charge in [-0.05, 0) is 32.0 Å². The molecule has 136 valence electrons. The molecule has 4 N–H and O–H groups in total. The fraction of sp³-hybridized carbons (Fsp3) is 0.278. The van der Waals surface area contributed by atoms with Crippen molar-refractivity contribution >= 4 is 16.9 Å². The van der Waals surface area contributed by atoms with Gasteiger partial charge in [-0.25, -0.2) is 15.0 Å². The Balaban J connectivity index is 1.51. The highest BCUT2D eigenvalue weighted by molar-refractivity contribution is 5.80. The molecule has 4 aromatic heterocycles. The molecule has 0 spiro atoms. The van der Waals surface area contributed by atoms with Gasteiger partial charge in [-0.1, -0.05) is 0 Å². The molecule has 0 bridgehead atoms. The monoisotopic (exact) mass is 361 g/mol. The van der Waals surface area contributed by atoms with E-state index in [1.165, 1.54) is 0 Å². The van der Waals surface area contributed by atoms with Crippen molar-refractivity contribution in [3.8, 4) is 22.8 Å². The van der Waals surface area contributed by atoms with Crippen molar-refractivity contribution in [2.45, 2.75) is 18.9 Å². The molecule has 0 aliphatic carbocycles. The van der Waals surface area contributed by atoms with Crippen LogP contribution in [0.4, 0.5) is 5.82 Å². The zero-order valence-corrected chi connectivity index (χ0v) is 14.6. The highest BCUT2D eigenvalue weighted by Crippen LogP contribution is 2.27. The van der Waals surface area contributed by atoms with Gasteiger partial charge < -0.3 is 16.0 Å². The van der Waals surface area contributed by atoms with E-state index in [0.29, 0.717) is 23.4 Å². The summed E-state index contributed by atoms with van der Waals surface area (Å²) in [5, 5.41) is 7.91. The van der Waals surface area contributed by atoms with E-state index in [2.05, 4.69) is 30.4 Å². The first-order valence-electron chi connectivity index (χ1n) is 8.96. The third-order valence-electron chi connectivity index (χ3n) is 4.89. The number of hydrogen-bond donors (Lipinski definition) is 3. The molecule has 5 heterocycles. The van der Waals surface area contributed by atoms with E-state index in [0.717, 1.165) is 48.2 Å². The largest absolute Gasteiger partial charge is 0.382 e. The molecule has 5 rings (SSSR count). The number of piperidine rings is 1. The second-order valence-corrected chi connectivity index (χ2v) is 6.66. The van der Waals surface area contributed by atoms with E-state index < -0.39 is 0 Å². The molecule has 9 heteroatoms. The number of imidazole rings is 1. The molecule has 0 atom stereocenters. The number of nitrogen functional groups attached to an aromatic ring is 1. The highest BCUT2D eigenvalue weighted by atomic mass is 15.3. The van der Waals surface area contributed by atoms with Gasteiger partial charge in [0.15, 0.2) is 11.6 Å². The number of nitrogens with zero attached hydrogens (tertiary/aromatic N) is 6. The molecule has 4 aromatic rings. The molecule has 0 saturated carbocycles. The second kappa shape index (κ2) is 6.44. The molecule has 9 nitrogen and oxygen atoms in total. The quantitative estimate of drug-likeness (QED) is 0.508. The van der Waals surface area contributed by atoms with Crippen LogP contribution in [-0.2, 0) is 0 Å². The van der Waals surface area contributed by atoms with Gasteiger partial charge in [0.25, 0.3) is 0 Å². The van der Waals surface area contributed by atoms with Crippen molar-refractivity contribution in [2.75, 3.05) is 18.8 Å². The maximum absolute atomic E-state index is 6.07. The Hall–Kier alpha value is -3.33. The van der Waals surface area contributed by atoms with Gasteiger partial charge in [0.05, 0.1) is 35.8 Å². The van der Waals surface area contributed by atoms with Crippen LogP contribution >= 0.6 is 0 Å². The summed E-state index contributed by atoms with van der Waals surface area (Å²) in [4.78, 5) is 20.9. The first kappa shape index (κ1) is 15.9. The number of nitrogens with one attached hydrogen (secondary N) is 2. The summed E-state index contributed by atoms with van der Waals surface area (Å²) in [6.45, 7) is 2.04. The summed E-state index contributed by atoms with van der Waals surface area (Å²) in [5.41, 5.74) is 9.87. The van der Waals surface area contributed by atoms with Crippen molar-refractivity contribution in [2.24, 2.45) is 0 Å². The minimum atomic E-state index is 0.330. The standard InChI is InChI=1S/C18H19N9/c19-17-16(18-25-13-3-6-21-8-15(13)26-18)24-14(9-22-17)11-7-23-27(10-11)12-1-4-20-5-2-12/h3,6-10,12,20H,1-2,4-5H2,(H2,19,22)(H,25,26). The van der Waals surface area contributed by atoms with Crippen molar-refractivity contribution < 1.29 is 0 Å². The lowest BCUT2D eigenvalue weighted by molar-refractivity contribution is 0.343. The summed E-state index contributed by atoms with van der Waals surface area (Å²) in [6, 6.07) is 2.28. The number of aromatic nitrogens is 7. The van der Waals surface area contributed by atoms with Crippen molar-refractivity contribution in [1.82, 2.24) is 40.0 Å². The lowest BCUT2D eigenvalue weighted by Gasteiger charge is -2.22. The molecule has 0 amide bonds. The Morgan fingerprint density at radius 1 is 1.11 bits per heavy atom. The highest BCUT2D eigenvalue weighted by Gasteiger charge is 2.18. The number of nitrogens with two attached hydrogens (primary N) is 1. The maximum atomic E-state index is 6.07. The smallest absolute Gasteiger partial charge is 0.161 e. The third-order valence-corrected chi connectivity index (χ3v) is 4.89. The molecular weight excluding hydrogens is 342 g/mol. The molecule has 1 fully saturated rings. The fourth-order valence-electron chi connectivity index (χ4n) is 3.42. The molecule has 0 unspecified atom stereocenters. The van der Waals surface area contributed by atoms with Crippen LogP contribution in [0.5, 0.6) is 0 Å². The Morgan fingerprint density at radius 2 is 2.00 bits per heavy atom. The van der Waals surface area contributed by atoms with Gasteiger partial charge in [-0.2, -0.15) is 5.10 Å². The number of hydrogen-bond acceptors (Lipinski definition) is 7. The summed E-state index contributed by atoms with van der Waals surface area (Å²) >= 11 is 0. The summed E-state index contributed by atoms with van der Waals surface area (Å²) in [5.74, 6) is 0.909. The van der Waals surface area contributed by atoms with E-state index in [1.807, 2.05) is 23.1 Å². The molecule has 1 aliphatic heterocycles. The topological polar surface area (TPSA) is 123 Å². The molecular formula is C18H19N9. The average Bonchev–Trinajstić information content (AvgIpc) is 3.36. The number of aromatic amines is 1. The Kier molecular flexibility index (Phi) is 3.79. The van der Waals surface area contributed by atoms with Crippen molar-refractivity contribution in [1.29, 1.82) is 0 Å². The average molecular weight is 361 g/mol. The Morgan fingerprint density at radius 3 is 2.85 bits per heavy atom. The van der Waals surface area contributed by atoms with Gasteiger partial charge in [-0.15, -0.1) is 0 Å². The number of H-pyrrole nitrogens is 1. The van der Waals surface area contributed by atoms with Crippen LogP contribution < -0.4 is 11.1 Å². The van der Waals surface area contributed by atoms with Gasteiger partial charge in [0, 0.05) is 18.0 Å². The number of anilines is 1. The molecule has 27 heavy (non-hydrogen) atoms. The number of fused-ring (bicyclic) bond motifs is 1. The number of pyridine rings is 1. The van der Waals surface area contributed by atoms with Crippen molar-refractivity contribution in [3.05, 3.63) is 37.1 Å². The lowest BCUT2D eigenvalue weighted by atomic mass is 10.1. The Labute approximate surface area is 155 Å². The van der Waals surface area contributed by atoms with Gasteiger partial charge in [0.2, 0.25) is 0 Å². The predicted molar refractivity (Wildman–Crippen MR) is 102 cm³/mol. The van der Waals surface area contributed by atoms with Crippen LogP contribution in [0.2, 0.25) is 0 Å². The minimum Gasteiger partial charge on any atom is -0.382 e. The maximum Gasteiger partial charge on any atom is 0.161 e. The zero-order valence-electron chi connectivity index (χ0n) is 14.6. The van der Waals surface area contributed by atoms with E-state index >= 15 is 0 Å². The first-order valence-corrected chi connectivity index (χ1v) is 8.96. The van der Waals surface area contributed by atoms with E-state index in [9.17, 15) is 0 Å². The summed E-state index contributed by atoms with van der Waals surface area (Å²) in [7, 11) is 0. The van der Waals surface area contributed by atoms with E-state index in [1.54, 1.807) is 18.6 Å². The van der Waals surface area contributed by atoms with Crippen LogP contribution in [0.3, 0.4) is 0 Å². The first-order chi connectivity index (χ1) is 13.3. The van der Waals surface area contributed by atoms with Gasteiger partial charge >= 0.3 is 0 Å². The molecule has 0 aromatic carbocycles. The fourth-order valence-corrected chi connectivity index (χ4v) is 3.42. The molecule has 0 radical (unpaired) electrons. The van der Waals surface area contributed by atoms with Crippen molar-refractivity contribution in [3.63, 3.8) is 0 Å². The van der Waals surface area contributed by atoms with Crippen LogP contribution in [-0.4, -0.2) is 47.8 Å². The van der Waals surface area contributed by atoms with Crippen LogP contribution in [0.15, 0.2) is 37.1 Å². The van der Waals surface area contributed by atoms with E-state index in [-0.39, 0.29) is 0 Å². The third kappa shape index (κ3) is 2.91. The zero-order chi connectivity index (χ0) is 18.2. The number of rotatable bonds is 3. The Bertz CT molecular complexity index is 1060. The minimum absolute atomic E-state index is 0.330. The van der Waals surface area contributed by atoms with E-state index in [4.69, 9.17) is 10.7 Å². The summed E-state index contributed by atoms with van der Waals surface area (Å²) in [6.07, 6.45) is 11.1. The molecule has 1 aliphatic rings. The van der Waals surface area contributed by atoms with Crippen LogP contribution in [0.1, 0.15) is 18.9 Å². The SMILES string of the molecule is Nc1ncc(-c2cnn(C3CCNCC3)c2)nc1-c1nc2cnccc2[nH]1. The van der Waals surface area contributed by atoms with Crippen LogP contribution in [0.25, 0.3) is 33.8 Å². The van der Waals surface area contributed by atoms with Gasteiger partial charge in [0.1, 0.15) is 11.2 Å². The molecule has 1 saturated heterocycles. The second-order valence-electron chi connectivity index (χ2n) is 6.66. The lowest BCUT2D eigenvalue weighted by Crippen LogP contribution is -2.29. The van der Waals surface area contributed by atoms with Crippen LogP contribution in [0, 0.1) is 0 Å².